The first-order chi connectivity index (χ1) is 28.9. The fourth-order valence-electron chi connectivity index (χ4n) is 6.50. The number of allylic oxidation sites excluding steroid dienone is 10. The number of carbonyl (C=O) groups is 2. The summed E-state index contributed by atoms with van der Waals surface area (Å²) in [6.07, 6.45) is 30.0. The zero-order chi connectivity index (χ0) is 44.3. The standard InChI is InChI=1S/C46H79O13P/c1-3-5-7-9-11-13-15-17-19-20-21-23-25-27-29-31-33-35-40(48)58-38(37-57-60(54,55)59-46-44(52)42(50)41(49)43(51)45(46)53)36-56-39(47)34-32-30-28-26-24-22-18-16-14-12-10-8-6-4-2/h5,7,11,13,17,19,21,23,27,29,38,41-46,49-53H,3-4,6,8-10,12,14-16,18,20,22,24-26,28,30-37H2,1-2H3,(H,54,55)/b7-5-,13-11-,19-17-,23-21-,29-27-. The molecule has 0 spiro atoms. The van der Waals surface area contributed by atoms with Crippen molar-refractivity contribution in [3.63, 3.8) is 0 Å². The first kappa shape index (κ1) is 55.6. The van der Waals surface area contributed by atoms with E-state index < -0.39 is 75.7 Å². The van der Waals surface area contributed by atoms with Gasteiger partial charge in [-0.2, -0.15) is 0 Å². The van der Waals surface area contributed by atoms with E-state index in [0.29, 0.717) is 19.3 Å². The quantitative estimate of drug-likeness (QED) is 0.0151. The maximum absolute atomic E-state index is 12.8. The molecule has 0 radical (unpaired) electrons. The van der Waals surface area contributed by atoms with Gasteiger partial charge in [0.15, 0.2) is 6.10 Å². The molecule has 0 amide bonds. The molecular formula is C46H79O13P. The second-order valence-electron chi connectivity index (χ2n) is 15.5. The van der Waals surface area contributed by atoms with Crippen molar-refractivity contribution in [1.29, 1.82) is 0 Å². The van der Waals surface area contributed by atoms with Gasteiger partial charge in [0, 0.05) is 12.8 Å². The summed E-state index contributed by atoms with van der Waals surface area (Å²) in [6.45, 7) is 3.13. The zero-order valence-corrected chi connectivity index (χ0v) is 37.4. The van der Waals surface area contributed by atoms with E-state index in [-0.39, 0.29) is 12.8 Å². The topological polar surface area (TPSA) is 210 Å². The van der Waals surface area contributed by atoms with Crippen LogP contribution in [0.3, 0.4) is 0 Å². The Morgan fingerprint density at radius 1 is 0.533 bits per heavy atom. The van der Waals surface area contributed by atoms with Crippen LogP contribution in [0.5, 0.6) is 0 Å². The van der Waals surface area contributed by atoms with Crippen molar-refractivity contribution in [3.05, 3.63) is 60.8 Å². The average Bonchev–Trinajstić information content (AvgIpc) is 3.23. The molecule has 0 aromatic heterocycles. The summed E-state index contributed by atoms with van der Waals surface area (Å²) in [7, 11) is -5.13. The lowest BCUT2D eigenvalue weighted by molar-refractivity contribution is -0.220. The summed E-state index contributed by atoms with van der Waals surface area (Å²) in [5.41, 5.74) is 0. The SMILES string of the molecule is CC/C=C\C/C=C\C/C=C\C/C=C\C/C=C\CCCC(=O)OC(COC(=O)CCCCCCCCCCCCCCCC)COP(=O)(O)OC1C(O)C(O)C(O)C(O)C1O. The van der Waals surface area contributed by atoms with Gasteiger partial charge in [0.05, 0.1) is 6.61 Å². The number of rotatable bonds is 36. The third-order valence-corrected chi connectivity index (χ3v) is 11.1. The summed E-state index contributed by atoms with van der Waals surface area (Å²) >= 11 is 0. The van der Waals surface area contributed by atoms with E-state index >= 15 is 0 Å². The zero-order valence-electron chi connectivity index (χ0n) is 36.5. The Hall–Kier alpha value is -2.45. The van der Waals surface area contributed by atoms with Gasteiger partial charge in [-0.15, -0.1) is 0 Å². The third kappa shape index (κ3) is 28.2. The predicted octanol–water partition coefficient (Wildman–Crippen LogP) is 8.55. The molecular weight excluding hydrogens is 791 g/mol. The number of phosphoric ester groups is 1. The molecule has 6 atom stereocenters. The lowest BCUT2D eigenvalue weighted by atomic mass is 9.85. The van der Waals surface area contributed by atoms with E-state index in [1.807, 2.05) is 12.2 Å². The van der Waals surface area contributed by atoms with Crippen LogP contribution >= 0.6 is 7.82 Å². The van der Waals surface area contributed by atoms with Gasteiger partial charge in [0.1, 0.15) is 43.2 Å². The molecule has 0 heterocycles. The number of aliphatic hydroxyl groups excluding tert-OH is 5. The first-order valence-electron chi connectivity index (χ1n) is 22.6. The van der Waals surface area contributed by atoms with E-state index in [1.165, 1.54) is 64.2 Å². The van der Waals surface area contributed by atoms with Gasteiger partial charge in [0.25, 0.3) is 0 Å². The van der Waals surface area contributed by atoms with Crippen molar-refractivity contribution in [2.45, 2.75) is 204 Å². The van der Waals surface area contributed by atoms with Gasteiger partial charge in [-0.05, 0) is 51.4 Å². The van der Waals surface area contributed by atoms with E-state index in [4.69, 9.17) is 18.5 Å². The van der Waals surface area contributed by atoms with E-state index in [1.54, 1.807) is 0 Å². The lowest BCUT2D eigenvalue weighted by Crippen LogP contribution is -2.64. The highest BCUT2D eigenvalue weighted by molar-refractivity contribution is 7.47. The van der Waals surface area contributed by atoms with E-state index in [9.17, 15) is 44.6 Å². The lowest BCUT2D eigenvalue weighted by Gasteiger charge is -2.41. The number of ether oxygens (including phenoxy) is 2. The number of aliphatic hydroxyl groups is 5. The van der Waals surface area contributed by atoms with Crippen molar-refractivity contribution in [1.82, 2.24) is 0 Å². The molecule has 6 N–H and O–H groups in total. The van der Waals surface area contributed by atoms with Gasteiger partial charge in [-0.1, -0.05) is 158 Å². The summed E-state index contributed by atoms with van der Waals surface area (Å²) in [5.74, 6) is -1.17. The van der Waals surface area contributed by atoms with Crippen LogP contribution in [0, 0.1) is 0 Å². The molecule has 60 heavy (non-hydrogen) atoms. The summed E-state index contributed by atoms with van der Waals surface area (Å²) in [4.78, 5) is 35.6. The molecule has 14 heteroatoms. The van der Waals surface area contributed by atoms with Crippen molar-refractivity contribution in [2.24, 2.45) is 0 Å². The smallest absolute Gasteiger partial charge is 0.462 e. The van der Waals surface area contributed by atoms with Crippen LogP contribution in [0.15, 0.2) is 60.8 Å². The molecule has 0 aromatic carbocycles. The van der Waals surface area contributed by atoms with Crippen molar-refractivity contribution in [3.8, 4) is 0 Å². The highest BCUT2D eigenvalue weighted by Crippen LogP contribution is 2.47. The summed E-state index contributed by atoms with van der Waals surface area (Å²) < 4.78 is 33.4. The summed E-state index contributed by atoms with van der Waals surface area (Å²) in [6, 6.07) is 0. The number of unbranched alkanes of at least 4 members (excludes halogenated alkanes) is 14. The minimum atomic E-state index is -5.13. The Bertz CT molecular complexity index is 1280. The molecule has 0 bridgehead atoms. The average molecular weight is 871 g/mol. The molecule has 6 unspecified atom stereocenters. The van der Waals surface area contributed by atoms with Crippen molar-refractivity contribution >= 4 is 19.8 Å². The third-order valence-electron chi connectivity index (χ3n) is 10.1. The monoisotopic (exact) mass is 871 g/mol. The van der Waals surface area contributed by atoms with Crippen LogP contribution in [0.25, 0.3) is 0 Å². The maximum atomic E-state index is 12.8. The van der Waals surface area contributed by atoms with Gasteiger partial charge in [-0.25, -0.2) is 4.57 Å². The second-order valence-corrected chi connectivity index (χ2v) is 16.9. The van der Waals surface area contributed by atoms with Crippen LogP contribution in [0.2, 0.25) is 0 Å². The fourth-order valence-corrected chi connectivity index (χ4v) is 7.47. The number of carbonyl (C=O) groups excluding carboxylic acids is 2. The highest BCUT2D eigenvalue weighted by Gasteiger charge is 2.51. The molecule has 1 rings (SSSR count). The first-order valence-corrected chi connectivity index (χ1v) is 24.1. The van der Waals surface area contributed by atoms with Gasteiger partial charge in [0.2, 0.25) is 0 Å². The molecule has 13 nitrogen and oxygen atoms in total. The highest BCUT2D eigenvalue weighted by atomic mass is 31.2. The Kier molecular flexibility index (Phi) is 33.4. The summed E-state index contributed by atoms with van der Waals surface area (Å²) in [5, 5.41) is 50.1. The van der Waals surface area contributed by atoms with Crippen LogP contribution in [-0.2, 0) is 32.7 Å². The van der Waals surface area contributed by atoms with Gasteiger partial charge in [-0.3, -0.25) is 18.6 Å². The fraction of sp³-hybridized carbons (Fsp3) is 0.739. The molecule has 1 aliphatic carbocycles. The Balaban J connectivity index is 2.52. The predicted molar refractivity (Wildman–Crippen MR) is 235 cm³/mol. The van der Waals surface area contributed by atoms with E-state index in [0.717, 1.165) is 51.4 Å². The Labute approximate surface area is 360 Å². The largest absolute Gasteiger partial charge is 0.472 e. The van der Waals surface area contributed by atoms with Gasteiger partial charge >= 0.3 is 19.8 Å². The second kappa shape index (κ2) is 36.1. The van der Waals surface area contributed by atoms with Crippen molar-refractivity contribution < 1.29 is 63.1 Å². The van der Waals surface area contributed by atoms with Crippen LogP contribution < -0.4 is 0 Å². The molecule has 346 valence electrons. The van der Waals surface area contributed by atoms with Gasteiger partial charge < -0.3 is 39.9 Å². The molecule has 0 saturated heterocycles. The maximum Gasteiger partial charge on any atom is 0.472 e. The molecule has 1 aliphatic rings. The number of hydrogen-bond acceptors (Lipinski definition) is 12. The Morgan fingerprint density at radius 3 is 1.43 bits per heavy atom. The van der Waals surface area contributed by atoms with Crippen LogP contribution in [0.4, 0.5) is 0 Å². The minimum absolute atomic E-state index is 0.0175. The molecule has 0 aromatic rings. The molecule has 1 saturated carbocycles. The normalized spacial score (nSPS) is 22.7. The van der Waals surface area contributed by atoms with Crippen LogP contribution in [-0.4, -0.2) is 98.3 Å². The molecule has 1 fully saturated rings. The Morgan fingerprint density at radius 2 is 0.950 bits per heavy atom. The van der Waals surface area contributed by atoms with E-state index in [2.05, 4.69) is 62.5 Å². The van der Waals surface area contributed by atoms with Crippen LogP contribution in [0.1, 0.15) is 162 Å². The van der Waals surface area contributed by atoms with Crippen molar-refractivity contribution in [2.75, 3.05) is 13.2 Å². The number of esters is 2. The number of hydrogen-bond donors (Lipinski definition) is 6. The minimum Gasteiger partial charge on any atom is -0.462 e. The number of phosphoric acid groups is 1. The molecule has 0 aliphatic heterocycles.